The minimum absolute atomic E-state index is 0.422. The molecule has 1 fully saturated rings. The second-order valence-electron chi connectivity index (χ2n) is 6.23. The van der Waals surface area contributed by atoms with E-state index in [-0.39, 0.29) is 0 Å². The predicted octanol–water partition coefficient (Wildman–Crippen LogP) is 4.53. The summed E-state index contributed by atoms with van der Waals surface area (Å²) in [5.74, 6) is 0. The molecule has 1 rings (SSSR count). The molecule has 2 N–H and O–H groups in total. The second kappa shape index (κ2) is 10.5. The van der Waals surface area contributed by atoms with Crippen molar-refractivity contribution in [1.29, 1.82) is 0 Å². The van der Waals surface area contributed by atoms with E-state index in [1.54, 1.807) is 0 Å². The molecule has 3 heteroatoms. The van der Waals surface area contributed by atoms with Gasteiger partial charge in [0.25, 0.3) is 0 Å². The van der Waals surface area contributed by atoms with E-state index in [9.17, 15) is 0 Å². The predicted molar refractivity (Wildman–Crippen MR) is 88.6 cm³/mol. The maximum absolute atomic E-state index is 5.38. The third-order valence-electron chi connectivity index (χ3n) is 3.86. The Bertz CT molecular complexity index is 229. The van der Waals surface area contributed by atoms with Gasteiger partial charge in [0.1, 0.15) is 0 Å². The maximum Gasteiger partial charge on any atom is 0.166 e. The van der Waals surface area contributed by atoms with Gasteiger partial charge in [-0.25, -0.2) is 0 Å². The molecule has 0 unspecified atom stereocenters. The van der Waals surface area contributed by atoms with Crippen LogP contribution >= 0.6 is 12.2 Å². The van der Waals surface area contributed by atoms with E-state index in [2.05, 4.69) is 24.5 Å². The Balaban J connectivity index is 2.31. The Morgan fingerprint density at radius 2 is 1.26 bits per heavy atom. The molecule has 0 bridgehead atoms. The summed E-state index contributed by atoms with van der Waals surface area (Å²) in [6, 6.07) is 1.00. The van der Waals surface area contributed by atoms with Gasteiger partial charge in [-0.1, -0.05) is 57.8 Å². The van der Waals surface area contributed by atoms with Crippen LogP contribution in [-0.4, -0.2) is 17.2 Å². The van der Waals surface area contributed by atoms with E-state index in [0.29, 0.717) is 12.1 Å². The molecule has 19 heavy (non-hydrogen) atoms. The summed E-state index contributed by atoms with van der Waals surface area (Å²) in [7, 11) is 0. The summed E-state index contributed by atoms with van der Waals surface area (Å²) in [5.41, 5.74) is 0. The smallest absolute Gasteiger partial charge is 0.166 e. The SMILES string of the molecule is CC(C)NC(=S)NC1CCCCCCCCCCC1. The highest BCUT2D eigenvalue weighted by Gasteiger charge is 2.11. The van der Waals surface area contributed by atoms with Gasteiger partial charge >= 0.3 is 0 Å². The molecule has 1 aliphatic rings. The van der Waals surface area contributed by atoms with Crippen LogP contribution in [0.1, 0.15) is 84.5 Å². The molecule has 0 aromatic rings. The first-order chi connectivity index (χ1) is 9.18. The molecule has 0 saturated heterocycles. The molecular weight excluding hydrogens is 252 g/mol. The number of hydrogen-bond donors (Lipinski definition) is 2. The molecular formula is C16H32N2S. The van der Waals surface area contributed by atoms with Crippen LogP contribution in [0.5, 0.6) is 0 Å². The number of rotatable bonds is 2. The summed E-state index contributed by atoms with van der Waals surface area (Å²) in [4.78, 5) is 0. The topological polar surface area (TPSA) is 24.1 Å². The zero-order valence-electron chi connectivity index (χ0n) is 12.8. The van der Waals surface area contributed by atoms with Crippen molar-refractivity contribution in [3.8, 4) is 0 Å². The largest absolute Gasteiger partial charge is 0.361 e. The minimum atomic E-state index is 0.422. The summed E-state index contributed by atoms with van der Waals surface area (Å²) >= 11 is 5.38. The third kappa shape index (κ3) is 9.26. The van der Waals surface area contributed by atoms with Crippen LogP contribution in [0, 0.1) is 0 Å². The highest BCUT2D eigenvalue weighted by atomic mass is 32.1. The van der Waals surface area contributed by atoms with Crippen molar-refractivity contribution in [3.63, 3.8) is 0 Å². The molecule has 112 valence electrons. The fourth-order valence-electron chi connectivity index (χ4n) is 2.80. The van der Waals surface area contributed by atoms with Gasteiger partial charge in [-0.15, -0.1) is 0 Å². The van der Waals surface area contributed by atoms with Crippen LogP contribution in [-0.2, 0) is 0 Å². The zero-order chi connectivity index (χ0) is 13.9. The molecule has 1 saturated carbocycles. The van der Waals surface area contributed by atoms with Crippen LogP contribution in [0.25, 0.3) is 0 Å². The van der Waals surface area contributed by atoms with E-state index >= 15 is 0 Å². The van der Waals surface area contributed by atoms with Crippen LogP contribution < -0.4 is 10.6 Å². The van der Waals surface area contributed by atoms with Gasteiger partial charge in [-0.3, -0.25) is 0 Å². The lowest BCUT2D eigenvalue weighted by molar-refractivity contribution is 0.440. The summed E-state index contributed by atoms with van der Waals surface area (Å²) in [5, 5.41) is 7.66. The fourth-order valence-corrected chi connectivity index (χ4v) is 3.20. The Kier molecular flexibility index (Phi) is 9.23. The first-order valence-corrected chi connectivity index (χ1v) is 8.66. The van der Waals surface area contributed by atoms with Gasteiger partial charge in [-0.2, -0.15) is 0 Å². The quantitative estimate of drug-likeness (QED) is 0.728. The molecule has 0 amide bonds. The van der Waals surface area contributed by atoms with Crippen molar-refractivity contribution in [3.05, 3.63) is 0 Å². The van der Waals surface area contributed by atoms with Crippen LogP contribution in [0.2, 0.25) is 0 Å². The van der Waals surface area contributed by atoms with Crippen molar-refractivity contribution in [2.24, 2.45) is 0 Å². The van der Waals surface area contributed by atoms with E-state index < -0.39 is 0 Å². The van der Waals surface area contributed by atoms with E-state index in [4.69, 9.17) is 12.2 Å². The van der Waals surface area contributed by atoms with Crippen molar-refractivity contribution in [1.82, 2.24) is 10.6 Å². The Hall–Kier alpha value is -0.310. The molecule has 0 aliphatic heterocycles. The molecule has 2 nitrogen and oxygen atoms in total. The van der Waals surface area contributed by atoms with Crippen LogP contribution in [0.3, 0.4) is 0 Å². The number of thiocarbonyl (C=S) groups is 1. The summed E-state index contributed by atoms with van der Waals surface area (Å²) in [6.07, 6.45) is 15.2. The summed E-state index contributed by atoms with van der Waals surface area (Å²) < 4.78 is 0. The first kappa shape index (κ1) is 16.7. The monoisotopic (exact) mass is 284 g/mol. The van der Waals surface area contributed by atoms with Crippen molar-refractivity contribution >= 4 is 17.3 Å². The highest BCUT2D eigenvalue weighted by molar-refractivity contribution is 7.80. The lowest BCUT2D eigenvalue weighted by Gasteiger charge is -2.22. The van der Waals surface area contributed by atoms with Gasteiger partial charge in [0.2, 0.25) is 0 Å². The van der Waals surface area contributed by atoms with Crippen LogP contribution in [0.4, 0.5) is 0 Å². The van der Waals surface area contributed by atoms with Crippen molar-refractivity contribution < 1.29 is 0 Å². The molecule has 0 radical (unpaired) electrons. The third-order valence-corrected chi connectivity index (χ3v) is 4.10. The van der Waals surface area contributed by atoms with Gasteiger partial charge in [-0.05, 0) is 38.9 Å². The van der Waals surface area contributed by atoms with E-state index in [1.807, 2.05) is 0 Å². The lowest BCUT2D eigenvalue weighted by atomic mass is 9.98. The molecule has 0 aromatic heterocycles. The van der Waals surface area contributed by atoms with E-state index in [1.165, 1.54) is 70.6 Å². The summed E-state index contributed by atoms with van der Waals surface area (Å²) in [6.45, 7) is 4.27. The minimum Gasteiger partial charge on any atom is -0.361 e. The molecule has 0 atom stereocenters. The van der Waals surface area contributed by atoms with Gasteiger partial charge < -0.3 is 10.6 Å². The normalized spacial score (nSPS) is 20.4. The standard InChI is InChI=1S/C16H32N2S/c1-14(2)17-16(19)18-15-12-10-8-6-4-3-5-7-9-11-13-15/h14-15H,3-13H2,1-2H3,(H2,17,18,19). The van der Waals surface area contributed by atoms with Gasteiger partial charge in [0.15, 0.2) is 5.11 Å². The number of nitrogens with one attached hydrogen (secondary N) is 2. The van der Waals surface area contributed by atoms with Gasteiger partial charge in [0, 0.05) is 12.1 Å². The molecule has 0 heterocycles. The zero-order valence-corrected chi connectivity index (χ0v) is 13.7. The maximum atomic E-state index is 5.38. The van der Waals surface area contributed by atoms with Crippen LogP contribution in [0.15, 0.2) is 0 Å². The fraction of sp³-hybridized carbons (Fsp3) is 0.938. The molecule has 1 aliphatic carbocycles. The molecule has 0 spiro atoms. The average molecular weight is 285 g/mol. The Labute approximate surface area is 125 Å². The number of hydrogen-bond acceptors (Lipinski definition) is 1. The first-order valence-electron chi connectivity index (χ1n) is 8.25. The Morgan fingerprint density at radius 1 is 0.842 bits per heavy atom. The van der Waals surface area contributed by atoms with Crippen molar-refractivity contribution in [2.45, 2.75) is 96.6 Å². The lowest BCUT2D eigenvalue weighted by Crippen LogP contribution is -2.44. The average Bonchev–Trinajstić information content (AvgIpc) is 2.31. The second-order valence-corrected chi connectivity index (χ2v) is 6.64. The highest BCUT2D eigenvalue weighted by Crippen LogP contribution is 2.16. The van der Waals surface area contributed by atoms with Crippen molar-refractivity contribution in [2.75, 3.05) is 0 Å². The van der Waals surface area contributed by atoms with E-state index in [0.717, 1.165) is 5.11 Å². The van der Waals surface area contributed by atoms with Gasteiger partial charge in [0.05, 0.1) is 0 Å². The Morgan fingerprint density at radius 3 is 1.68 bits per heavy atom. The molecule has 0 aromatic carbocycles.